The summed E-state index contributed by atoms with van der Waals surface area (Å²) in [7, 11) is 0. The van der Waals surface area contributed by atoms with Crippen molar-refractivity contribution in [3.05, 3.63) is 11.6 Å². The minimum absolute atomic E-state index is 0.0920. The molecule has 4 aliphatic rings. The number of rotatable bonds is 3. The molecule has 0 bridgehead atoms. The van der Waals surface area contributed by atoms with Crippen LogP contribution >= 0.6 is 0 Å². The van der Waals surface area contributed by atoms with Crippen molar-refractivity contribution in [1.82, 2.24) is 0 Å². The summed E-state index contributed by atoms with van der Waals surface area (Å²) in [5, 5.41) is 0. The molecule has 4 nitrogen and oxygen atoms in total. The quantitative estimate of drug-likeness (QED) is 0.838. The van der Waals surface area contributed by atoms with Crippen LogP contribution in [0.5, 0.6) is 0 Å². The Balaban J connectivity index is 1.73. The van der Waals surface area contributed by atoms with Gasteiger partial charge in [0.1, 0.15) is 5.78 Å². The van der Waals surface area contributed by atoms with E-state index in [0.29, 0.717) is 48.7 Å². The smallest absolute Gasteiger partial charge is 0.217 e. The molecule has 2 N–H and O–H groups in total. The normalized spacial score (nSPS) is 44.8. The molecule has 26 heavy (non-hydrogen) atoms. The molecule has 0 radical (unpaired) electrons. The predicted molar refractivity (Wildman–Crippen MR) is 99.0 cm³/mol. The predicted octanol–water partition coefficient (Wildman–Crippen LogP) is 3.58. The van der Waals surface area contributed by atoms with Gasteiger partial charge in [-0.3, -0.25) is 14.4 Å². The average molecular weight is 357 g/mol. The van der Waals surface area contributed by atoms with E-state index in [1.165, 1.54) is 5.57 Å². The molecule has 3 fully saturated rings. The number of carbonyl (C=O) groups is 3. The topological polar surface area (TPSA) is 77.2 Å². The van der Waals surface area contributed by atoms with Crippen LogP contribution in [0.3, 0.4) is 0 Å². The maximum atomic E-state index is 12.7. The van der Waals surface area contributed by atoms with Crippen molar-refractivity contribution in [3.8, 4) is 0 Å². The molecule has 1 amide bonds. The van der Waals surface area contributed by atoms with Crippen LogP contribution in [0.15, 0.2) is 11.6 Å². The Morgan fingerprint density at radius 1 is 1.12 bits per heavy atom. The zero-order valence-electron chi connectivity index (χ0n) is 16.1. The first-order valence-electron chi connectivity index (χ1n) is 10.3. The third-order valence-corrected chi connectivity index (χ3v) is 8.61. The van der Waals surface area contributed by atoms with E-state index >= 15 is 0 Å². The van der Waals surface area contributed by atoms with E-state index in [9.17, 15) is 14.4 Å². The number of Topliss-reactive ketones (excluding diaryl/α,β-unsaturated/α-hetero) is 1. The lowest BCUT2D eigenvalue weighted by Crippen LogP contribution is -2.53. The van der Waals surface area contributed by atoms with Gasteiger partial charge in [-0.2, -0.15) is 0 Å². The van der Waals surface area contributed by atoms with Gasteiger partial charge in [-0.25, -0.2) is 0 Å². The highest BCUT2D eigenvalue weighted by atomic mass is 16.1. The van der Waals surface area contributed by atoms with E-state index in [-0.39, 0.29) is 22.5 Å². The van der Waals surface area contributed by atoms with E-state index in [1.807, 2.05) is 6.08 Å². The summed E-state index contributed by atoms with van der Waals surface area (Å²) in [4.78, 5) is 36.2. The van der Waals surface area contributed by atoms with Crippen LogP contribution in [-0.2, 0) is 14.4 Å². The highest BCUT2D eigenvalue weighted by Gasteiger charge is 2.61. The molecule has 142 valence electrons. The van der Waals surface area contributed by atoms with Crippen LogP contribution in [0, 0.1) is 34.5 Å². The molecule has 0 aromatic heterocycles. The van der Waals surface area contributed by atoms with Gasteiger partial charge in [-0.1, -0.05) is 19.4 Å². The molecule has 0 aromatic rings. The summed E-state index contributed by atoms with van der Waals surface area (Å²) < 4.78 is 0. The molecule has 0 saturated heterocycles. The number of nitrogens with two attached hydrogens (primary N) is 1. The fourth-order valence-electron chi connectivity index (χ4n) is 7.10. The third-order valence-electron chi connectivity index (χ3n) is 8.61. The summed E-state index contributed by atoms with van der Waals surface area (Å²) >= 11 is 0. The summed E-state index contributed by atoms with van der Waals surface area (Å²) in [5.74, 6) is 2.26. The van der Waals surface area contributed by atoms with Crippen molar-refractivity contribution >= 4 is 17.5 Å². The van der Waals surface area contributed by atoms with Crippen molar-refractivity contribution in [2.75, 3.05) is 0 Å². The number of hydrogen-bond donors (Lipinski definition) is 1. The Labute approximate surface area is 156 Å². The van der Waals surface area contributed by atoms with Crippen molar-refractivity contribution in [1.29, 1.82) is 0 Å². The zero-order chi connectivity index (χ0) is 18.7. The minimum Gasteiger partial charge on any atom is -0.370 e. The van der Waals surface area contributed by atoms with Gasteiger partial charge < -0.3 is 5.73 Å². The van der Waals surface area contributed by atoms with Gasteiger partial charge in [0.15, 0.2) is 5.78 Å². The van der Waals surface area contributed by atoms with Crippen molar-refractivity contribution in [2.24, 2.45) is 40.2 Å². The Kier molecular flexibility index (Phi) is 4.16. The fraction of sp³-hybridized carbons (Fsp3) is 0.773. The van der Waals surface area contributed by atoms with Crippen LogP contribution in [0.2, 0.25) is 0 Å². The summed E-state index contributed by atoms with van der Waals surface area (Å²) in [6, 6.07) is 0. The van der Waals surface area contributed by atoms with Crippen molar-refractivity contribution < 1.29 is 14.4 Å². The summed E-state index contributed by atoms with van der Waals surface area (Å²) in [6.45, 7) is 4.54. The third kappa shape index (κ3) is 2.51. The van der Waals surface area contributed by atoms with Gasteiger partial charge in [0.25, 0.3) is 0 Å². The molecule has 4 heteroatoms. The number of ketones is 2. The second-order valence-corrected chi connectivity index (χ2v) is 9.73. The first-order valence-corrected chi connectivity index (χ1v) is 10.3. The standard InChI is InChI=1S/C22H31NO3/c1-21-9-7-15(24)12-14(21)11-13(3-6-19(23)26)20-16-4-5-18(25)22(16,2)10-8-17(20)21/h12-13,16-17,20H,3-11H2,1-2H3,(H2,23,26)/t13?,16?,17?,20?,21-,22-/m0/s1. The minimum atomic E-state index is -0.246. The lowest BCUT2D eigenvalue weighted by atomic mass is 9.44. The van der Waals surface area contributed by atoms with E-state index in [2.05, 4.69) is 13.8 Å². The summed E-state index contributed by atoms with van der Waals surface area (Å²) in [6.07, 6.45) is 9.36. The SMILES string of the molecule is C[C@]12CCC(=O)C=C1CC(CCC(N)=O)C1C2CC[C@]2(C)C(=O)CCC12. The van der Waals surface area contributed by atoms with E-state index in [1.54, 1.807) is 0 Å². The first-order chi connectivity index (χ1) is 12.3. The van der Waals surface area contributed by atoms with Gasteiger partial charge >= 0.3 is 0 Å². The molecular formula is C22H31NO3. The summed E-state index contributed by atoms with van der Waals surface area (Å²) in [5.41, 5.74) is 6.67. The highest BCUT2D eigenvalue weighted by molar-refractivity contribution is 5.91. The van der Waals surface area contributed by atoms with Gasteiger partial charge in [-0.05, 0) is 73.7 Å². The van der Waals surface area contributed by atoms with Crippen molar-refractivity contribution in [2.45, 2.75) is 71.6 Å². The molecule has 0 spiro atoms. The molecule has 3 saturated carbocycles. The first kappa shape index (κ1) is 17.9. The maximum Gasteiger partial charge on any atom is 0.217 e. The Morgan fingerprint density at radius 2 is 1.85 bits per heavy atom. The van der Waals surface area contributed by atoms with E-state index in [4.69, 9.17) is 5.73 Å². The number of allylic oxidation sites excluding steroid dienone is 1. The molecule has 0 aromatic carbocycles. The second kappa shape index (κ2) is 6.03. The van der Waals surface area contributed by atoms with Crippen LogP contribution in [0.1, 0.15) is 71.6 Å². The van der Waals surface area contributed by atoms with E-state index < -0.39 is 0 Å². The van der Waals surface area contributed by atoms with E-state index in [0.717, 1.165) is 38.5 Å². The zero-order valence-corrected chi connectivity index (χ0v) is 16.1. The number of primary amides is 1. The van der Waals surface area contributed by atoms with Gasteiger partial charge in [-0.15, -0.1) is 0 Å². The molecule has 0 aliphatic heterocycles. The molecular weight excluding hydrogens is 326 g/mol. The lowest BCUT2D eigenvalue weighted by molar-refractivity contribution is -0.135. The molecule has 4 rings (SSSR count). The molecule has 4 aliphatic carbocycles. The molecule has 0 heterocycles. The van der Waals surface area contributed by atoms with Crippen LogP contribution < -0.4 is 5.73 Å². The number of carbonyl (C=O) groups excluding carboxylic acids is 3. The molecule has 4 unspecified atom stereocenters. The maximum absolute atomic E-state index is 12.7. The number of fused-ring (bicyclic) bond motifs is 5. The highest BCUT2D eigenvalue weighted by Crippen LogP contribution is 2.66. The van der Waals surface area contributed by atoms with Gasteiger partial charge in [0.05, 0.1) is 0 Å². The van der Waals surface area contributed by atoms with Crippen LogP contribution in [0.4, 0.5) is 0 Å². The number of amides is 1. The van der Waals surface area contributed by atoms with Crippen LogP contribution in [-0.4, -0.2) is 17.5 Å². The Bertz CT molecular complexity index is 696. The monoisotopic (exact) mass is 357 g/mol. The lowest BCUT2D eigenvalue weighted by Gasteiger charge is -2.59. The second-order valence-electron chi connectivity index (χ2n) is 9.73. The Hall–Kier alpha value is -1.45. The van der Waals surface area contributed by atoms with Crippen LogP contribution in [0.25, 0.3) is 0 Å². The van der Waals surface area contributed by atoms with Gasteiger partial charge in [0.2, 0.25) is 5.91 Å². The Morgan fingerprint density at radius 3 is 2.58 bits per heavy atom. The average Bonchev–Trinajstić information content (AvgIpc) is 2.89. The van der Waals surface area contributed by atoms with Crippen molar-refractivity contribution in [3.63, 3.8) is 0 Å². The molecule has 6 atom stereocenters. The van der Waals surface area contributed by atoms with Gasteiger partial charge in [0, 0.05) is 24.7 Å². The largest absolute Gasteiger partial charge is 0.370 e. The number of hydrogen-bond acceptors (Lipinski definition) is 3. The fourth-order valence-corrected chi connectivity index (χ4v) is 7.10.